The lowest BCUT2D eigenvalue weighted by Gasteiger charge is -2.02. The maximum atomic E-state index is 10.6. The summed E-state index contributed by atoms with van der Waals surface area (Å²) in [6.07, 6.45) is 0.251. The Hall–Kier alpha value is -1.74. The molecular weight excluding hydrogens is 266 g/mol. The van der Waals surface area contributed by atoms with Crippen LogP contribution in [0.1, 0.15) is 5.56 Å². The lowest BCUT2D eigenvalue weighted by atomic mass is 10.1. The third kappa shape index (κ3) is 7.00. The second-order valence-electron chi connectivity index (χ2n) is 3.78. The first-order chi connectivity index (χ1) is 9.58. The molecule has 1 aromatic rings. The van der Waals surface area contributed by atoms with Crippen molar-refractivity contribution in [1.29, 1.82) is 0 Å². The van der Waals surface area contributed by atoms with Crippen LogP contribution in [0.3, 0.4) is 0 Å². The number of hydrogen-bond donors (Lipinski definition) is 5. The summed E-state index contributed by atoms with van der Waals surface area (Å²) in [5.41, 5.74) is 5.93. The SMILES string of the molecule is Nc1cccc(CCO)c1[N+](=O)[O-].OCCNCCO. The Kier molecular flexibility index (Phi) is 10.2. The number of hydrogen-bond acceptors (Lipinski definition) is 7. The summed E-state index contributed by atoms with van der Waals surface area (Å²) in [4.78, 5) is 10.0. The average Bonchev–Trinajstić information content (AvgIpc) is 2.40. The van der Waals surface area contributed by atoms with Crippen LogP contribution >= 0.6 is 0 Å². The number of nitrogens with one attached hydrogen (secondary N) is 1. The molecule has 8 heteroatoms. The van der Waals surface area contributed by atoms with Crippen molar-refractivity contribution in [1.82, 2.24) is 5.32 Å². The van der Waals surface area contributed by atoms with E-state index >= 15 is 0 Å². The molecule has 0 saturated heterocycles. The molecule has 0 aliphatic rings. The number of anilines is 1. The Labute approximate surface area is 117 Å². The molecule has 0 fully saturated rings. The van der Waals surface area contributed by atoms with Crippen LogP contribution in [0, 0.1) is 10.1 Å². The second-order valence-corrected chi connectivity index (χ2v) is 3.78. The summed E-state index contributed by atoms with van der Waals surface area (Å²) in [6.45, 7) is 1.30. The minimum Gasteiger partial charge on any atom is -0.396 e. The Morgan fingerprint density at radius 1 is 1.15 bits per heavy atom. The van der Waals surface area contributed by atoms with Crippen molar-refractivity contribution >= 4 is 11.4 Å². The molecule has 8 nitrogen and oxygen atoms in total. The molecule has 0 unspecified atom stereocenters. The summed E-state index contributed by atoms with van der Waals surface area (Å²) < 4.78 is 0. The van der Waals surface area contributed by atoms with E-state index in [9.17, 15) is 10.1 Å². The van der Waals surface area contributed by atoms with Gasteiger partial charge in [0.05, 0.1) is 18.1 Å². The molecule has 0 atom stereocenters. The minimum absolute atomic E-state index is 0.100. The van der Waals surface area contributed by atoms with Gasteiger partial charge in [0.15, 0.2) is 0 Å². The standard InChI is InChI=1S/C8H10N2O3.C4H11NO2/c9-7-3-1-2-6(4-5-11)8(7)10(12)13;6-3-1-5-2-4-7/h1-3,11H,4-5,9H2;5-7H,1-4H2. The lowest BCUT2D eigenvalue weighted by molar-refractivity contribution is -0.384. The van der Waals surface area contributed by atoms with Crippen molar-refractivity contribution in [3.8, 4) is 0 Å². The van der Waals surface area contributed by atoms with Gasteiger partial charge in [0, 0.05) is 31.7 Å². The molecule has 6 N–H and O–H groups in total. The number of benzene rings is 1. The largest absolute Gasteiger partial charge is 0.396 e. The van der Waals surface area contributed by atoms with Crippen LogP contribution in [0.5, 0.6) is 0 Å². The Morgan fingerprint density at radius 3 is 2.20 bits per heavy atom. The van der Waals surface area contributed by atoms with Crippen molar-refractivity contribution in [2.45, 2.75) is 6.42 Å². The van der Waals surface area contributed by atoms with Crippen LogP contribution in [0.25, 0.3) is 0 Å². The molecule has 114 valence electrons. The van der Waals surface area contributed by atoms with Gasteiger partial charge in [-0.1, -0.05) is 12.1 Å². The Balaban J connectivity index is 0.000000441. The molecule has 0 heterocycles. The highest BCUT2D eigenvalue weighted by Gasteiger charge is 2.16. The van der Waals surface area contributed by atoms with E-state index in [0.29, 0.717) is 18.7 Å². The number of nitrogens with two attached hydrogens (primary N) is 1. The van der Waals surface area contributed by atoms with E-state index in [4.69, 9.17) is 21.1 Å². The van der Waals surface area contributed by atoms with Crippen molar-refractivity contribution in [2.75, 3.05) is 38.6 Å². The molecule has 0 amide bonds. The van der Waals surface area contributed by atoms with E-state index < -0.39 is 4.92 Å². The van der Waals surface area contributed by atoms with Crippen LogP contribution < -0.4 is 11.1 Å². The quantitative estimate of drug-likeness (QED) is 0.193. The smallest absolute Gasteiger partial charge is 0.295 e. The second kappa shape index (κ2) is 11.1. The zero-order chi connectivity index (χ0) is 15.4. The maximum absolute atomic E-state index is 10.6. The molecule has 1 aromatic carbocycles. The highest BCUT2D eigenvalue weighted by atomic mass is 16.6. The highest BCUT2D eigenvalue weighted by Crippen LogP contribution is 2.25. The zero-order valence-electron chi connectivity index (χ0n) is 11.2. The number of aliphatic hydroxyl groups excluding tert-OH is 3. The first kappa shape index (κ1) is 18.3. The predicted octanol–water partition coefficient (Wildman–Crippen LogP) is -0.728. The number of nitro groups is 1. The van der Waals surface area contributed by atoms with Crippen LogP contribution in [0.2, 0.25) is 0 Å². The van der Waals surface area contributed by atoms with Crippen molar-refractivity contribution in [2.24, 2.45) is 0 Å². The first-order valence-electron chi connectivity index (χ1n) is 6.13. The monoisotopic (exact) mass is 287 g/mol. The molecular formula is C12H21N3O5. The molecule has 0 bridgehead atoms. The molecule has 0 aliphatic heterocycles. The number of rotatable bonds is 7. The number of nitrogens with zero attached hydrogens (tertiary/aromatic N) is 1. The van der Waals surface area contributed by atoms with Crippen LogP contribution in [-0.4, -0.2) is 53.2 Å². The fourth-order valence-corrected chi connectivity index (χ4v) is 1.44. The van der Waals surface area contributed by atoms with E-state index in [1.54, 1.807) is 12.1 Å². The normalized spacial score (nSPS) is 9.75. The Bertz CT molecular complexity index is 397. The van der Waals surface area contributed by atoms with E-state index in [2.05, 4.69) is 5.32 Å². The number of nitro benzene ring substituents is 1. The molecule has 20 heavy (non-hydrogen) atoms. The summed E-state index contributed by atoms with van der Waals surface area (Å²) in [7, 11) is 0. The van der Waals surface area contributed by atoms with E-state index in [0.717, 1.165) is 0 Å². The molecule has 0 saturated carbocycles. The maximum Gasteiger partial charge on any atom is 0.295 e. The summed E-state index contributed by atoms with van der Waals surface area (Å²) in [6, 6.07) is 4.69. The van der Waals surface area contributed by atoms with Gasteiger partial charge in [0.1, 0.15) is 5.69 Å². The number of para-hydroxylation sites is 1. The van der Waals surface area contributed by atoms with E-state index in [1.807, 2.05) is 0 Å². The van der Waals surface area contributed by atoms with E-state index in [-0.39, 0.29) is 37.6 Å². The topological polar surface area (TPSA) is 142 Å². The third-order valence-electron chi connectivity index (χ3n) is 2.29. The summed E-state index contributed by atoms with van der Waals surface area (Å²) >= 11 is 0. The fourth-order valence-electron chi connectivity index (χ4n) is 1.44. The van der Waals surface area contributed by atoms with Gasteiger partial charge in [-0.15, -0.1) is 0 Å². The van der Waals surface area contributed by atoms with E-state index in [1.165, 1.54) is 6.07 Å². The third-order valence-corrected chi connectivity index (χ3v) is 2.29. The van der Waals surface area contributed by atoms with Gasteiger partial charge in [0.2, 0.25) is 0 Å². The average molecular weight is 287 g/mol. The predicted molar refractivity (Wildman–Crippen MR) is 75.3 cm³/mol. The van der Waals surface area contributed by atoms with Crippen molar-refractivity contribution in [3.05, 3.63) is 33.9 Å². The highest BCUT2D eigenvalue weighted by molar-refractivity contribution is 5.62. The number of nitrogen functional groups attached to an aromatic ring is 1. The van der Waals surface area contributed by atoms with Crippen molar-refractivity contribution in [3.63, 3.8) is 0 Å². The van der Waals surface area contributed by atoms with Crippen LogP contribution in [0.15, 0.2) is 18.2 Å². The van der Waals surface area contributed by atoms with Crippen molar-refractivity contribution < 1.29 is 20.2 Å². The minimum atomic E-state index is -0.527. The molecule has 0 aliphatic carbocycles. The summed E-state index contributed by atoms with van der Waals surface area (Å²) in [5, 5.41) is 38.3. The number of aliphatic hydroxyl groups is 3. The van der Waals surface area contributed by atoms with Gasteiger partial charge < -0.3 is 26.4 Å². The summed E-state index contributed by atoms with van der Waals surface area (Å²) in [5.74, 6) is 0. The van der Waals surface area contributed by atoms with Crippen LogP contribution in [0.4, 0.5) is 11.4 Å². The molecule has 0 aromatic heterocycles. The first-order valence-corrected chi connectivity index (χ1v) is 6.13. The molecule has 1 rings (SSSR count). The van der Waals surface area contributed by atoms with Gasteiger partial charge in [-0.3, -0.25) is 10.1 Å². The van der Waals surface area contributed by atoms with Gasteiger partial charge in [0.25, 0.3) is 5.69 Å². The van der Waals surface area contributed by atoms with Gasteiger partial charge in [-0.05, 0) is 6.07 Å². The van der Waals surface area contributed by atoms with Crippen LogP contribution in [-0.2, 0) is 6.42 Å². The van der Waals surface area contributed by atoms with Gasteiger partial charge in [-0.25, -0.2) is 0 Å². The molecule has 0 radical (unpaired) electrons. The Morgan fingerprint density at radius 2 is 1.75 bits per heavy atom. The molecule has 0 spiro atoms. The lowest BCUT2D eigenvalue weighted by Crippen LogP contribution is -2.21. The zero-order valence-corrected chi connectivity index (χ0v) is 11.2. The fraction of sp³-hybridized carbons (Fsp3) is 0.500. The van der Waals surface area contributed by atoms with Gasteiger partial charge in [-0.2, -0.15) is 0 Å². The van der Waals surface area contributed by atoms with Gasteiger partial charge >= 0.3 is 0 Å².